The average molecular weight is 332 g/mol. The molecule has 3 heterocycles. The van der Waals surface area contributed by atoms with E-state index >= 15 is 0 Å². The van der Waals surface area contributed by atoms with Crippen molar-refractivity contribution < 1.29 is 4.79 Å². The highest BCUT2D eigenvalue weighted by atomic mass is 32.1. The first-order chi connectivity index (χ1) is 11.1. The first kappa shape index (κ1) is 16.2. The minimum absolute atomic E-state index is 0.0978. The predicted octanol–water partition coefficient (Wildman–Crippen LogP) is 2.41. The zero-order valence-corrected chi connectivity index (χ0v) is 14.6. The molecule has 2 N–H and O–H groups in total. The topological polar surface area (TPSA) is 61.0 Å². The fraction of sp³-hybridized carbons (Fsp3) is 0.529. The lowest BCUT2D eigenvalue weighted by Crippen LogP contribution is -2.47. The molecule has 124 valence electrons. The van der Waals surface area contributed by atoms with Crippen LogP contribution in [-0.4, -0.2) is 40.1 Å². The molecule has 5 nitrogen and oxygen atoms in total. The van der Waals surface area contributed by atoms with Gasteiger partial charge in [-0.1, -0.05) is 6.07 Å². The Hall–Kier alpha value is -1.66. The monoisotopic (exact) mass is 332 g/mol. The Balaban J connectivity index is 1.52. The lowest BCUT2D eigenvalue weighted by atomic mass is 10.0. The van der Waals surface area contributed by atoms with E-state index in [4.69, 9.17) is 0 Å². The van der Waals surface area contributed by atoms with Gasteiger partial charge in [0.25, 0.3) is 0 Å². The number of amides is 1. The van der Waals surface area contributed by atoms with Crippen LogP contribution in [0.2, 0.25) is 0 Å². The van der Waals surface area contributed by atoms with Gasteiger partial charge < -0.3 is 5.32 Å². The Morgan fingerprint density at radius 1 is 1.52 bits per heavy atom. The largest absolute Gasteiger partial charge is 0.352 e. The minimum atomic E-state index is 0.0978. The lowest BCUT2D eigenvalue weighted by molar-refractivity contribution is -0.121. The number of hydrogen-bond acceptors (Lipinski definition) is 4. The number of aromatic nitrogens is 2. The van der Waals surface area contributed by atoms with Crippen molar-refractivity contribution in [2.45, 2.75) is 45.7 Å². The molecule has 0 saturated carbocycles. The SMILES string of the molecule is Cc1n[nH]c(C)c1CC(=O)NC1CCCN(Cc2cccs2)C1. The Morgan fingerprint density at radius 2 is 2.39 bits per heavy atom. The van der Waals surface area contributed by atoms with Gasteiger partial charge in [0.1, 0.15) is 0 Å². The van der Waals surface area contributed by atoms with E-state index in [1.807, 2.05) is 13.8 Å². The van der Waals surface area contributed by atoms with Crippen molar-refractivity contribution in [1.82, 2.24) is 20.4 Å². The molecule has 1 atom stereocenters. The molecule has 1 saturated heterocycles. The van der Waals surface area contributed by atoms with E-state index < -0.39 is 0 Å². The van der Waals surface area contributed by atoms with Crippen molar-refractivity contribution in [1.29, 1.82) is 0 Å². The second-order valence-electron chi connectivity index (χ2n) is 6.31. The van der Waals surface area contributed by atoms with Crippen LogP contribution in [0.15, 0.2) is 17.5 Å². The number of thiophene rings is 1. The maximum absolute atomic E-state index is 12.3. The number of aromatic amines is 1. The smallest absolute Gasteiger partial charge is 0.224 e. The Bertz CT molecular complexity index is 630. The maximum atomic E-state index is 12.3. The zero-order chi connectivity index (χ0) is 16.2. The number of rotatable bonds is 5. The normalized spacial score (nSPS) is 19.0. The Labute approximate surface area is 141 Å². The van der Waals surface area contributed by atoms with Gasteiger partial charge in [-0.2, -0.15) is 5.10 Å². The highest BCUT2D eigenvalue weighted by Crippen LogP contribution is 2.17. The summed E-state index contributed by atoms with van der Waals surface area (Å²) in [5.74, 6) is 0.0978. The molecular formula is C17H24N4OS. The minimum Gasteiger partial charge on any atom is -0.352 e. The molecule has 6 heteroatoms. The van der Waals surface area contributed by atoms with Crippen LogP contribution in [-0.2, 0) is 17.8 Å². The second-order valence-corrected chi connectivity index (χ2v) is 7.34. The van der Waals surface area contributed by atoms with Gasteiger partial charge in [0.2, 0.25) is 5.91 Å². The van der Waals surface area contributed by atoms with Crippen LogP contribution < -0.4 is 5.32 Å². The number of likely N-dealkylation sites (tertiary alicyclic amines) is 1. The van der Waals surface area contributed by atoms with Gasteiger partial charge in [-0.25, -0.2) is 0 Å². The second kappa shape index (κ2) is 7.27. The van der Waals surface area contributed by atoms with Gasteiger partial charge in [0.15, 0.2) is 0 Å². The van der Waals surface area contributed by atoms with Crippen molar-refractivity contribution in [3.8, 4) is 0 Å². The number of carbonyl (C=O) groups is 1. The molecule has 3 rings (SSSR count). The number of nitrogens with zero attached hydrogens (tertiary/aromatic N) is 2. The number of carbonyl (C=O) groups excluding carboxylic acids is 1. The van der Waals surface area contributed by atoms with Gasteiger partial charge >= 0.3 is 0 Å². The van der Waals surface area contributed by atoms with Crippen LogP contribution in [0.25, 0.3) is 0 Å². The number of nitrogens with one attached hydrogen (secondary N) is 2. The van der Waals surface area contributed by atoms with Crippen LogP contribution in [0, 0.1) is 13.8 Å². The molecule has 0 aliphatic carbocycles. The molecule has 0 aromatic carbocycles. The Kier molecular flexibility index (Phi) is 5.13. The summed E-state index contributed by atoms with van der Waals surface area (Å²) in [6, 6.07) is 4.53. The Morgan fingerprint density at radius 3 is 3.09 bits per heavy atom. The molecule has 2 aromatic heterocycles. The molecule has 1 unspecified atom stereocenters. The molecular weight excluding hydrogens is 308 g/mol. The number of piperidine rings is 1. The van der Waals surface area contributed by atoms with E-state index in [2.05, 4.69) is 37.9 Å². The first-order valence-electron chi connectivity index (χ1n) is 8.16. The molecule has 1 aliphatic heterocycles. The summed E-state index contributed by atoms with van der Waals surface area (Å²) in [7, 11) is 0. The molecule has 2 aromatic rings. The third-order valence-corrected chi connectivity index (χ3v) is 5.31. The van der Waals surface area contributed by atoms with Crippen LogP contribution in [0.1, 0.15) is 34.7 Å². The summed E-state index contributed by atoms with van der Waals surface area (Å²) in [6.45, 7) is 6.95. The van der Waals surface area contributed by atoms with Crippen molar-refractivity contribution in [2.75, 3.05) is 13.1 Å². The fourth-order valence-electron chi connectivity index (χ4n) is 3.21. The van der Waals surface area contributed by atoms with Gasteiger partial charge in [0.05, 0.1) is 12.1 Å². The van der Waals surface area contributed by atoms with Crippen molar-refractivity contribution in [3.63, 3.8) is 0 Å². The number of H-pyrrole nitrogens is 1. The average Bonchev–Trinajstić information content (AvgIpc) is 3.13. The molecule has 1 aliphatic rings. The standard InChI is InChI=1S/C17H24N4OS/c1-12-16(13(2)20-19-12)9-17(22)18-14-5-3-7-21(10-14)11-15-6-4-8-23-15/h4,6,8,14H,3,5,7,9-11H2,1-2H3,(H,18,22)(H,19,20). The van der Waals surface area contributed by atoms with Crippen LogP contribution in [0.3, 0.4) is 0 Å². The van der Waals surface area contributed by atoms with Crippen LogP contribution in [0.5, 0.6) is 0 Å². The van der Waals surface area contributed by atoms with Gasteiger partial charge in [0, 0.05) is 35.3 Å². The summed E-state index contributed by atoms with van der Waals surface area (Å²) >= 11 is 1.80. The van der Waals surface area contributed by atoms with Crippen molar-refractivity contribution >= 4 is 17.2 Å². The number of hydrogen-bond donors (Lipinski definition) is 2. The summed E-state index contributed by atoms with van der Waals surface area (Å²) in [4.78, 5) is 16.2. The van der Waals surface area contributed by atoms with E-state index in [0.29, 0.717) is 6.42 Å². The lowest BCUT2D eigenvalue weighted by Gasteiger charge is -2.32. The quantitative estimate of drug-likeness (QED) is 0.884. The maximum Gasteiger partial charge on any atom is 0.224 e. The summed E-state index contributed by atoms with van der Waals surface area (Å²) < 4.78 is 0. The van der Waals surface area contributed by atoms with E-state index in [1.54, 1.807) is 11.3 Å². The molecule has 0 bridgehead atoms. The summed E-state index contributed by atoms with van der Waals surface area (Å²) in [5.41, 5.74) is 2.93. The molecule has 0 radical (unpaired) electrons. The van der Waals surface area contributed by atoms with E-state index in [1.165, 1.54) is 4.88 Å². The van der Waals surface area contributed by atoms with E-state index in [-0.39, 0.29) is 11.9 Å². The summed E-state index contributed by atoms with van der Waals surface area (Å²) in [5, 5.41) is 12.4. The number of aryl methyl sites for hydroxylation is 2. The molecule has 0 spiro atoms. The highest BCUT2D eigenvalue weighted by Gasteiger charge is 2.22. The third kappa shape index (κ3) is 4.20. The molecule has 1 amide bonds. The summed E-state index contributed by atoms with van der Waals surface area (Å²) in [6.07, 6.45) is 2.62. The highest BCUT2D eigenvalue weighted by molar-refractivity contribution is 7.09. The van der Waals surface area contributed by atoms with Crippen molar-refractivity contribution in [2.24, 2.45) is 0 Å². The van der Waals surface area contributed by atoms with Crippen LogP contribution >= 0.6 is 11.3 Å². The fourth-order valence-corrected chi connectivity index (χ4v) is 3.96. The van der Waals surface area contributed by atoms with Gasteiger partial charge in [-0.15, -0.1) is 11.3 Å². The van der Waals surface area contributed by atoms with Gasteiger partial charge in [-0.3, -0.25) is 14.8 Å². The van der Waals surface area contributed by atoms with E-state index in [0.717, 1.165) is 49.4 Å². The van der Waals surface area contributed by atoms with Gasteiger partial charge in [-0.05, 0) is 44.7 Å². The van der Waals surface area contributed by atoms with E-state index in [9.17, 15) is 4.79 Å². The zero-order valence-electron chi connectivity index (χ0n) is 13.8. The molecule has 23 heavy (non-hydrogen) atoms. The molecule has 1 fully saturated rings. The third-order valence-electron chi connectivity index (χ3n) is 4.45. The first-order valence-corrected chi connectivity index (χ1v) is 9.04. The van der Waals surface area contributed by atoms with Crippen molar-refractivity contribution in [3.05, 3.63) is 39.3 Å². The van der Waals surface area contributed by atoms with Crippen LogP contribution in [0.4, 0.5) is 0 Å². The predicted molar refractivity (Wildman–Crippen MR) is 92.5 cm³/mol.